The predicted octanol–water partition coefficient (Wildman–Crippen LogP) is 5.99. The van der Waals surface area contributed by atoms with Gasteiger partial charge in [-0.15, -0.1) is 0 Å². The maximum absolute atomic E-state index is 11.0. The lowest BCUT2D eigenvalue weighted by Crippen LogP contribution is -1.97. The molecule has 0 bridgehead atoms. The number of nitrogens with zero attached hydrogens (tertiary/aromatic N) is 4. The zero-order valence-corrected chi connectivity index (χ0v) is 17.2. The average molecular weight is 443 g/mol. The van der Waals surface area contributed by atoms with Crippen LogP contribution in [-0.4, -0.2) is 24.9 Å². The molecule has 0 aliphatic carbocycles. The normalized spacial score (nSPS) is 10.9. The van der Waals surface area contributed by atoms with Crippen molar-refractivity contribution in [1.82, 2.24) is 19.9 Å². The summed E-state index contributed by atoms with van der Waals surface area (Å²) in [7, 11) is 0. The summed E-state index contributed by atoms with van der Waals surface area (Å²) in [6.07, 6.45) is 3.13. The van der Waals surface area contributed by atoms with Crippen LogP contribution >= 0.6 is 11.6 Å². The van der Waals surface area contributed by atoms with E-state index in [1.807, 2.05) is 42.5 Å². The second-order valence-electron chi connectivity index (χ2n) is 7.01. The van der Waals surface area contributed by atoms with Crippen molar-refractivity contribution in [2.24, 2.45) is 0 Å². The minimum atomic E-state index is -0.451. The molecule has 9 heteroatoms. The van der Waals surface area contributed by atoms with Gasteiger partial charge in [-0.2, -0.15) is 0 Å². The van der Waals surface area contributed by atoms with Gasteiger partial charge in [-0.1, -0.05) is 41.9 Å². The first-order valence-electron chi connectivity index (χ1n) is 9.65. The highest BCUT2D eigenvalue weighted by Gasteiger charge is 2.13. The number of rotatable bonds is 5. The number of anilines is 2. The smallest absolute Gasteiger partial charge is 0.271 e. The summed E-state index contributed by atoms with van der Waals surface area (Å²) >= 11 is 6.45. The van der Waals surface area contributed by atoms with Crippen molar-refractivity contribution in [3.05, 3.63) is 94.4 Å². The molecule has 0 aliphatic rings. The Hall–Kier alpha value is -4.30. The van der Waals surface area contributed by atoms with Gasteiger partial charge in [0.05, 0.1) is 27.4 Å². The highest BCUT2D eigenvalue weighted by molar-refractivity contribution is 6.33. The Morgan fingerprint density at radius 3 is 2.62 bits per heavy atom. The lowest BCUT2D eigenvalue weighted by molar-refractivity contribution is -0.384. The number of nitrogens with one attached hydrogen (secondary N) is 2. The van der Waals surface area contributed by atoms with Crippen LogP contribution in [0.15, 0.2) is 79.3 Å². The predicted molar refractivity (Wildman–Crippen MR) is 124 cm³/mol. The number of halogens is 1. The van der Waals surface area contributed by atoms with Crippen molar-refractivity contribution in [2.45, 2.75) is 0 Å². The van der Waals surface area contributed by atoms with Crippen LogP contribution in [0.2, 0.25) is 5.02 Å². The topological polar surface area (TPSA) is 110 Å². The third kappa shape index (κ3) is 3.75. The first-order chi connectivity index (χ1) is 15.6. The van der Waals surface area contributed by atoms with Gasteiger partial charge in [0.1, 0.15) is 18.0 Å². The van der Waals surface area contributed by atoms with Gasteiger partial charge in [0.15, 0.2) is 0 Å². The van der Waals surface area contributed by atoms with E-state index in [0.29, 0.717) is 27.6 Å². The molecule has 2 heterocycles. The van der Waals surface area contributed by atoms with Crippen LogP contribution in [0, 0.1) is 10.1 Å². The molecule has 0 spiro atoms. The maximum Gasteiger partial charge on any atom is 0.271 e. The number of H-pyrrole nitrogens is 1. The third-order valence-corrected chi connectivity index (χ3v) is 5.31. The minimum absolute atomic E-state index is 0.0250. The van der Waals surface area contributed by atoms with Gasteiger partial charge in [-0.25, -0.2) is 15.0 Å². The van der Waals surface area contributed by atoms with Gasteiger partial charge in [0, 0.05) is 28.8 Å². The minimum Gasteiger partial charge on any atom is -0.340 e. The summed E-state index contributed by atoms with van der Waals surface area (Å²) in [4.78, 5) is 26.8. The second kappa shape index (κ2) is 8.09. The average Bonchev–Trinajstić information content (AvgIpc) is 3.31. The van der Waals surface area contributed by atoms with Crippen molar-refractivity contribution < 1.29 is 4.92 Å². The number of benzene rings is 3. The molecular formula is C23H15ClN6O2. The number of imidazole rings is 1. The molecule has 0 saturated heterocycles. The molecule has 8 nitrogen and oxygen atoms in total. The fraction of sp³-hybridized carbons (Fsp3) is 0. The van der Waals surface area contributed by atoms with Gasteiger partial charge in [0.2, 0.25) is 0 Å². The summed E-state index contributed by atoms with van der Waals surface area (Å²) in [6, 6.07) is 19.8. The highest BCUT2D eigenvalue weighted by Crippen LogP contribution is 2.32. The summed E-state index contributed by atoms with van der Waals surface area (Å²) in [5.74, 6) is 1.17. The molecule has 5 rings (SSSR count). The quantitative estimate of drug-likeness (QED) is 0.255. The Morgan fingerprint density at radius 1 is 0.969 bits per heavy atom. The molecule has 0 radical (unpaired) electrons. The van der Waals surface area contributed by atoms with E-state index in [2.05, 4.69) is 25.3 Å². The summed E-state index contributed by atoms with van der Waals surface area (Å²) < 4.78 is 0. The van der Waals surface area contributed by atoms with Crippen molar-refractivity contribution in [3.63, 3.8) is 0 Å². The molecule has 0 saturated carbocycles. The highest BCUT2D eigenvalue weighted by atomic mass is 35.5. The first-order valence-corrected chi connectivity index (χ1v) is 10.0. The Kier molecular flexibility index (Phi) is 4.97. The van der Waals surface area contributed by atoms with Crippen molar-refractivity contribution in [1.29, 1.82) is 0 Å². The van der Waals surface area contributed by atoms with Crippen LogP contribution in [-0.2, 0) is 0 Å². The van der Waals surface area contributed by atoms with E-state index in [4.69, 9.17) is 11.6 Å². The zero-order chi connectivity index (χ0) is 22.1. The van der Waals surface area contributed by atoms with E-state index in [-0.39, 0.29) is 5.69 Å². The standard InChI is InChI=1S/C23H15ClN6O2/c24-19-9-6-15(10-18(19)23-25-12-21(29-23)14-4-2-1-3-5-14)28-22-17-8-7-16(30(31)32)11-20(17)26-13-27-22/h1-13H,(H,25,29)(H,26,27,28). The SMILES string of the molecule is O=[N+]([O-])c1ccc2c(Nc3ccc(Cl)c(-c4ncc(-c5ccccc5)[nH]4)c3)ncnc2c1. The second-order valence-corrected chi connectivity index (χ2v) is 7.42. The van der Waals surface area contributed by atoms with E-state index in [1.165, 1.54) is 18.5 Å². The summed E-state index contributed by atoms with van der Waals surface area (Å²) in [5, 5.41) is 15.5. The van der Waals surface area contributed by atoms with Crippen LogP contribution < -0.4 is 5.32 Å². The largest absolute Gasteiger partial charge is 0.340 e. The lowest BCUT2D eigenvalue weighted by Gasteiger charge is -2.10. The van der Waals surface area contributed by atoms with Gasteiger partial charge in [-0.3, -0.25) is 10.1 Å². The van der Waals surface area contributed by atoms with Crippen LogP contribution in [0.25, 0.3) is 33.5 Å². The Bertz CT molecular complexity index is 1450. The number of hydrogen-bond acceptors (Lipinski definition) is 6. The molecule has 156 valence electrons. The van der Waals surface area contributed by atoms with Crippen LogP contribution in [0.5, 0.6) is 0 Å². The van der Waals surface area contributed by atoms with E-state index < -0.39 is 4.92 Å². The molecule has 0 fully saturated rings. The van der Waals surface area contributed by atoms with Gasteiger partial charge < -0.3 is 10.3 Å². The molecule has 0 aliphatic heterocycles. The molecule has 5 aromatic rings. The molecule has 2 aromatic heterocycles. The van der Waals surface area contributed by atoms with E-state index in [1.54, 1.807) is 18.3 Å². The third-order valence-electron chi connectivity index (χ3n) is 4.98. The van der Waals surface area contributed by atoms with Gasteiger partial charge in [0.25, 0.3) is 5.69 Å². The summed E-state index contributed by atoms with van der Waals surface area (Å²) in [5.41, 5.74) is 3.83. The van der Waals surface area contributed by atoms with Gasteiger partial charge in [-0.05, 0) is 29.8 Å². The molecular weight excluding hydrogens is 428 g/mol. The lowest BCUT2D eigenvalue weighted by atomic mass is 10.1. The van der Waals surface area contributed by atoms with E-state index in [0.717, 1.165) is 22.5 Å². The van der Waals surface area contributed by atoms with Gasteiger partial charge >= 0.3 is 0 Å². The van der Waals surface area contributed by atoms with Crippen molar-refractivity contribution in [3.8, 4) is 22.6 Å². The molecule has 0 unspecified atom stereocenters. The van der Waals surface area contributed by atoms with E-state index >= 15 is 0 Å². The monoisotopic (exact) mass is 442 g/mol. The molecule has 0 amide bonds. The number of aromatic amines is 1. The fourth-order valence-corrected chi connectivity index (χ4v) is 3.61. The Labute approximate surface area is 187 Å². The Morgan fingerprint density at radius 2 is 1.81 bits per heavy atom. The van der Waals surface area contributed by atoms with Crippen LogP contribution in [0.1, 0.15) is 0 Å². The zero-order valence-electron chi connectivity index (χ0n) is 16.5. The fourth-order valence-electron chi connectivity index (χ4n) is 3.40. The Balaban J connectivity index is 1.49. The number of nitro groups is 1. The van der Waals surface area contributed by atoms with Crippen molar-refractivity contribution in [2.75, 3.05) is 5.32 Å². The molecule has 2 N–H and O–H groups in total. The maximum atomic E-state index is 11.0. The molecule has 0 atom stereocenters. The van der Waals surface area contributed by atoms with Crippen LogP contribution in [0.3, 0.4) is 0 Å². The number of nitro benzene ring substituents is 1. The molecule has 3 aromatic carbocycles. The first kappa shape index (κ1) is 19.7. The number of aromatic nitrogens is 4. The number of hydrogen-bond donors (Lipinski definition) is 2. The number of fused-ring (bicyclic) bond motifs is 1. The van der Waals surface area contributed by atoms with E-state index in [9.17, 15) is 10.1 Å². The number of non-ortho nitro benzene ring substituents is 1. The van der Waals surface area contributed by atoms with Crippen molar-refractivity contribution >= 4 is 39.7 Å². The summed E-state index contributed by atoms with van der Waals surface area (Å²) in [6.45, 7) is 0. The molecule has 32 heavy (non-hydrogen) atoms. The van der Waals surface area contributed by atoms with Crippen LogP contribution in [0.4, 0.5) is 17.2 Å².